The van der Waals surface area contributed by atoms with Gasteiger partial charge in [0.15, 0.2) is 0 Å². The Morgan fingerprint density at radius 1 is 1.41 bits per heavy atom. The highest BCUT2D eigenvalue weighted by Crippen LogP contribution is 2.14. The van der Waals surface area contributed by atoms with Gasteiger partial charge >= 0.3 is 0 Å². The number of anilines is 1. The van der Waals surface area contributed by atoms with Crippen LogP contribution in [-0.4, -0.2) is 40.5 Å². The van der Waals surface area contributed by atoms with Crippen LogP contribution in [0.1, 0.15) is 25.6 Å². The Morgan fingerprint density at radius 2 is 2.12 bits per heavy atom. The number of aryl methyl sites for hydroxylation is 1. The molecule has 1 saturated heterocycles. The average Bonchev–Trinajstić information content (AvgIpc) is 2.78. The molecule has 5 heteroatoms. The summed E-state index contributed by atoms with van der Waals surface area (Å²) in [7, 11) is 0. The number of hydrogen-bond acceptors (Lipinski definition) is 4. The smallest absolute Gasteiger partial charge is 0.134 e. The zero-order chi connectivity index (χ0) is 12.3. The lowest BCUT2D eigenvalue weighted by molar-refractivity contribution is 0.269. The molecule has 0 saturated carbocycles. The minimum atomic E-state index is 0.494. The molecule has 0 radical (unpaired) electrons. The number of halogens is 1. The Kier molecular flexibility index (Phi) is 4.18. The van der Waals surface area contributed by atoms with Crippen molar-refractivity contribution in [3.8, 4) is 0 Å². The number of aromatic nitrogens is 2. The first-order chi connectivity index (χ1) is 8.15. The van der Waals surface area contributed by atoms with Crippen molar-refractivity contribution in [2.24, 2.45) is 0 Å². The van der Waals surface area contributed by atoms with E-state index in [9.17, 15) is 0 Å². The highest BCUT2D eigenvalue weighted by atomic mass is 35.5. The van der Waals surface area contributed by atoms with Crippen LogP contribution in [0.3, 0.4) is 0 Å². The number of likely N-dealkylation sites (tertiary alicyclic amines) is 1. The van der Waals surface area contributed by atoms with Crippen molar-refractivity contribution >= 4 is 17.4 Å². The predicted molar refractivity (Wildman–Crippen MR) is 70.5 cm³/mol. The molecule has 0 spiro atoms. The van der Waals surface area contributed by atoms with Crippen molar-refractivity contribution in [3.63, 3.8) is 0 Å². The van der Waals surface area contributed by atoms with Gasteiger partial charge in [-0.2, -0.15) is 0 Å². The first-order valence-corrected chi connectivity index (χ1v) is 6.52. The normalized spacial score (nSPS) is 18.3. The topological polar surface area (TPSA) is 41.1 Å². The lowest BCUT2D eigenvalue weighted by atomic mass is 10.3. The van der Waals surface area contributed by atoms with Crippen LogP contribution in [0.5, 0.6) is 0 Å². The minimum Gasteiger partial charge on any atom is -0.368 e. The number of hydrogen-bond donors (Lipinski definition) is 1. The van der Waals surface area contributed by atoms with Crippen LogP contribution < -0.4 is 5.32 Å². The molecule has 0 bridgehead atoms. The zero-order valence-corrected chi connectivity index (χ0v) is 11.2. The van der Waals surface area contributed by atoms with Crippen molar-refractivity contribution in [1.82, 2.24) is 14.9 Å². The molecule has 0 aromatic carbocycles. The Bertz CT molecular complexity index is 357. The van der Waals surface area contributed by atoms with Crippen molar-refractivity contribution in [2.75, 3.05) is 25.0 Å². The second kappa shape index (κ2) is 5.65. The molecule has 1 aromatic rings. The maximum atomic E-state index is 5.89. The molecule has 1 atom stereocenters. The Hall–Kier alpha value is -0.870. The second-order valence-corrected chi connectivity index (χ2v) is 4.98. The number of nitrogens with one attached hydrogen (secondary N) is 1. The summed E-state index contributed by atoms with van der Waals surface area (Å²) in [6, 6.07) is 2.30. The lowest BCUT2D eigenvalue weighted by Crippen LogP contribution is -2.35. The van der Waals surface area contributed by atoms with Crippen molar-refractivity contribution < 1.29 is 0 Å². The van der Waals surface area contributed by atoms with E-state index in [1.807, 2.05) is 6.92 Å². The summed E-state index contributed by atoms with van der Waals surface area (Å²) >= 11 is 5.89. The molecule has 1 aliphatic rings. The van der Waals surface area contributed by atoms with Crippen LogP contribution in [0, 0.1) is 6.92 Å². The van der Waals surface area contributed by atoms with Crippen LogP contribution in [0.2, 0.25) is 5.15 Å². The molecular formula is C12H19ClN4. The SMILES string of the molecule is Cc1nc(Cl)cc(NCC(C)N2CCCC2)n1. The second-order valence-electron chi connectivity index (χ2n) is 4.60. The van der Waals surface area contributed by atoms with Gasteiger partial charge < -0.3 is 5.32 Å². The largest absolute Gasteiger partial charge is 0.368 e. The van der Waals surface area contributed by atoms with Crippen molar-refractivity contribution in [1.29, 1.82) is 0 Å². The molecule has 0 amide bonds. The van der Waals surface area contributed by atoms with E-state index in [-0.39, 0.29) is 0 Å². The summed E-state index contributed by atoms with van der Waals surface area (Å²) in [4.78, 5) is 10.9. The van der Waals surface area contributed by atoms with Crippen molar-refractivity contribution in [2.45, 2.75) is 32.7 Å². The lowest BCUT2D eigenvalue weighted by Gasteiger charge is -2.24. The summed E-state index contributed by atoms with van der Waals surface area (Å²) in [5, 5.41) is 3.82. The molecule has 1 aliphatic heterocycles. The van der Waals surface area contributed by atoms with Gasteiger partial charge in [0.2, 0.25) is 0 Å². The van der Waals surface area contributed by atoms with Crippen molar-refractivity contribution in [3.05, 3.63) is 17.0 Å². The van der Waals surface area contributed by atoms with E-state index >= 15 is 0 Å². The van der Waals surface area contributed by atoms with Gasteiger partial charge in [0, 0.05) is 18.7 Å². The Labute approximate surface area is 107 Å². The maximum Gasteiger partial charge on any atom is 0.134 e. The molecule has 1 aromatic heterocycles. The Balaban J connectivity index is 1.88. The van der Waals surface area contributed by atoms with Gasteiger partial charge in [0.1, 0.15) is 16.8 Å². The third-order valence-electron chi connectivity index (χ3n) is 3.15. The monoisotopic (exact) mass is 254 g/mol. The number of rotatable bonds is 4. The summed E-state index contributed by atoms with van der Waals surface area (Å²) in [6.45, 7) is 7.42. The van der Waals surface area contributed by atoms with E-state index in [0.29, 0.717) is 17.0 Å². The van der Waals surface area contributed by atoms with E-state index in [1.165, 1.54) is 25.9 Å². The van der Waals surface area contributed by atoms with E-state index in [0.717, 1.165) is 12.4 Å². The summed E-state index contributed by atoms with van der Waals surface area (Å²) in [5.74, 6) is 1.52. The fraction of sp³-hybridized carbons (Fsp3) is 0.667. The maximum absolute atomic E-state index is 5.89. The number of nitrogens with zero attached hydrogens (tertiary/aromatic N) is 3. The van der Waals surface area contributed by atoms with Gasteiger partial charge in [-0.3, -0.25) is 4.90 Å². The molecule has 0 aliphatic carbocycles. The molecule has 17 heavy (non-hydrogen) atoms. The minimum absolute atomic E-state index is 0.494. The van der Waals surface area contributed by atoms with Gasteiger partial charge in [-0.25, -0.2) is 9.97 Å². The third kappa shape index (κ3) is 3.54. The van der Waals surface area contributed by atoms with Gasteiger partial charge in [0.25, 0.3) is 0 Å². The van der Waals surface area contributed by atoms with Crippen LogP contribution in [-0.2, 0) is 0 Å². The molecular weight excluding hydrogens is 236 g/mol. The molecule has 4 nitrogen and oxygen atoms in total. The zero-order valence-electron chi connectivity index (χ0n) is 10.4. The van der Waals surface area contributed by atoms with Crippen LogP contribution in [0.25, 0.3) is 0 Å². The van der Waals surface area contributed by atoms with Crippen LogP contribution >= 0.6 is 11.6 Å². The average molecular weight is 255 g/mol. The summed E-state index contributed by atoms with van der Waals surface area (Å²) in [5.41, 5.74) is 0. The van der Waals surface area contributed by atoms with Crippen LogP contribution in [0.15, 0.2) is 6.07 Å². The Morgan fingerprint density at radius 3 is 2.76 bits per heavy atom. The van der Waals surface area contributed by atoms with Gasteiger partial charge in [0.05, 0.1) is 0 Å². The molecule has 94 valence electrons. The molecule has 2 rings (SSSR count). The predicted octanol–water partition coefficient (Wildman–Crippen LogP) is 2.33. The van der Waals surface area contributed by atoms with Gasteiger partial charge in [-0.15, -0.1) is 0 Å². The highest BCUT2D eigenvalue weighted by Gasteiger charge is 2.17. The quantitative estimate of drug-likeness (QED) is 0.838. The molecule has 1 N–H and O–H groups in total. The van der Waals surface area contributed by atoms with E-state index in [2.05, 4.69) is 27.1 Å². The first-order valence-electron chi connectivity index (χ1n) is 6.14. The summed E-state index contributed by atoms with van der Waals surface area (Å²) in [6.07, 6.45) is 2.64. The van der Waals surface area contributed by atoms with E-state index in [4.69, 9.17) is 11.6 Å². The first kappa shape index (κ1) is 12.6. The fourth-order valence-corrected chi connectivity index (χ4v) is 2.41. The molecule has 1 unspecified atom stereocenters. The third-order valence-corrected chi connectivity index (χ3v) is 3.34. The standard InChI is InChI=1S/C12H19ClN4/c1-9(17-5-3-4-6-17)8-14-12-7-11(13)15-10(2)16-12/h7,9H,3-6,8H2,1-2H3,(H,14,15,16). The van der Waals surface area contributed by atoms with Gasteiger partial charge in [-0.05, 0) is 39.8 Å². The molecule has 2 heterocycles. The van der Waals surface area contributed by atoms with E-state index < -0.39 is 0 Å². The van der Waals surface area contributed by atoms with Gasteiger partial charge in [-0.1, -0.05) is 11.6 Å². The summed E-state index contributed by atoms with van der Waals surface area (Å²) < 4.78 is 0. The van der Waals surface area contributed by atoms with Crippen LogP contribution in [0.4, 0.5) is 5.82 Å². The fourth-order valence-electron chi connectivity index (χ4n) is 2.19. The molecule has 1 fully saturated rings. The highest BCUT2D eigenvalue weighted by molar-refractivity contribution is 6.29. The van der Waals surface area contributed by atoms with E-state index in [1.54, 1.807) is 6.07 Å².